The first-order chi connectivity index (χ1) is 12.2. The number of rotatable bonds is 6. The Hall–Kier alpha value is -3.41. The lowest BCUT2D eigenvalue weighted by atomic mass is 10.2. The Morgan fingerprint density at radius 1 is 1.08 bits per heavy atom. The molecule has 0 amide bonds. The topological polar surface area (TPSA) is 76.1 Å². The van der Waals surface area contributed by atoms with E-state index < -0.39 is 0 Å². The number of nitrogens with zero attached hydrogens (tertiary/aromatic N) is 2. The SMILES string of the molecule is COC(=O)c1cccc(Nc2ccnc(NCc3ccccc3)n2)c1. The first-order valence-corrected chi connectivity index (χ1v) is 7.81. The van der Waals surface area contributed by atoms with Gasteiger partial charge >= 0.3 is 5.97 Å². The molecule has 0 aliphatic carbocycles. The van der Waals surface area contributed by atoms with Crippen molar-refractivity contribution in [1.82, 2.24) is 9.97 Å². The number of nitrogens with one attached hydrogen (secondary N) is 2. The van der Waals surface area contributed by atoms with E-state index in [9.17, 15) is 4.79 Å². The molecule has 2 aromatic carbocycles. The number of hydrogen-bond acceptors (Lipinski definition) is 6. The van der Waals surface area contributed by atoms with E-state index in [1.807, 2.05) is 36.4 Å². The minimum absolute atomic E-state index is 0.378. The van der Waals surface area contributed by atoms with Crippen LogP contribution < -0.4 is 10.6 Å². The minimum atomic E-state index is -0.378. The Labute approximate surface area is 145 Å². The summed E-state index contributed by atoms with van der Waals surface area (Å²) >= 11 is 0. The molecule has 1 aromatic heterocycles. The zero-order chi connectivity index (χ0) is 17.5. The average Bonchev–Trinajstić information content (AvgIpc) is 2.67. The third-order valence-corrected chi connectivity index (χ3v) is 3.51. The van der Waals surface area contributed by atoms with E-state index in [-0.39, 0.29) is 5.97 Å². The maximum absolute atomic E-state index is 11.6. The van der Waals surface area contributed by atoms with E-state index in [1.165, 1.54) is 7.11 Å². The molecule has 0 bridgehead atoms. The molecule has 1 heterocycles. The number of carbonyl (C=O) groups is 1. The van der Waals surface area contributed by atoms with Crippen molar-refractivity contribution in [2.45, 2.75) is 6.54 Å². The number of benzene rings is 2. The van der Waals surface area contributed by atoms with Crippen molar-refractivity contribution in [3.63, 3.8) is 0 Å². The number of aromatic nitrogens is 2. The van der Waals surface area contributed by atoms with Crippen molar-refractivity contribution < 1.29 is 9.53 Å². The number of carbonyl (C=O) groups excluding carboxylic acids is 1. The number of anilines is 3. The van der Waals surface area contributed by atoms with Gasteiger partial charge in [0.15, 0.2) is 0 Å². The van der Waals surface area contributed by atoms with Gasteiger partial charge in [-0.3, -0.25) is 0 Å². The van der Waals surface area contributed by atoms with Gasteiger partial charge in [0, 0.05) is 18.4 Å². The smallest absolute Gasteiger partial charge is 0.337 e. The van der Waals surface area contributed by atoms with E-state index >= 15 is 0 Å². The first-order valence-electron chi connectivity index (χ1n) is 7.81. The highest BCUT2D eigenvalue weighted by Gasteiger charge is 2.06. The van der Waals surface area contributed by atoms with Crippen LogP contribution in [0.15, 0.2) is 66.9 Å². The van der Waals surface area contributed by atoms with Gasteiger partial charge in [-0.25, -0.2) is 9.78 Å². The van der Waals surface area contributed by atoms with E-state index in [0.717, 1.165) is 11.3 Å². The summed E-state index contributed by atoms with van der Waals surface area (Å²) in [7, 11) is 1.36. The molecular weight excluding hydrogens is 316 g/mol. The van der Waals surface area contributed by atoms with E-state index in [2.05, 4.69) is 20.6 Å². The van der Waals surface area contributed by atoms with Gasteiger partial charge < -0.3 is 15.4 Å². The molecule has 3 aromatic rings. The van der Waals surface area contributed by atoms with Gasteiger partial charge in [0.05, 0.1) is 12.7 Å². The van der Waals surface area contributed by atoms with Crippen LogP contribution in [0.1, 0.15) is 15.9 Å². The quantitative estimate of drug-likeness (QED) is 0.671. The van der Waals surface area contributed by atoms with Crippen molar-refractivity contribution in [1.29, 1.82) is 0 Å². The van der Waals surface area contributed by atoms with Gasteiger partial charge in [-0.2, -0.15) is 4.98 Å². The maximum atomic E-state index is 11.6. The Kier molecular flexibility index (Phi) is 5.21. The predicted octanol–water partition coefficient (Wildman–Crippen LogP) is 3.62. The molecule has 0 radical (unpaired) electrons. The van der Waals surface area contributed by atoms with Crippen LogP contribution in [0.2, 0.25) is 0 Å². The monoisotopic (exact) mass is 334 g/mol. The lowest BCUT2D eigenvalue weighted by Crippen LogP contribution is -2.05. The summed E-state index contributed by atoms with van der Waals surface area (Å²) in [6, 6.07) is 18.8. The second-order valence-corrected chi connectivity index (χ2v) is 5.30. The molecule has 0 saturated heterocycles. The fourth-order valence-corrected chi connectivity index (χ4v) is 2.28. The average molecular weight is 334 g/mol. The number of hydrogen-bond donors (Lipinski definition) is 2. The van der Waals surface area contributed by atoms with Crippen LogP contribution in [0.4, 0.5) is 17.5 Å². The molecular formula is C19H18N4O2. The van der Waals surface area contributed by atoms with Crippen LogP contribution in [-0.4, -0.2) is 23.0 Å². The molecule has 6 nitrogen and oxygen atoms in total. The summed E-state index contributed by atoms with van der Waals surface area (Å²) < 4.78 is 4.73. The summed E-state index contributed by atoms with van der Waals surface area (Å²) in [5.41, 5.74) is 2.37. The molecule has 0 atom stereocenters. The van der Waals surface area contributed by atoms with Crippen LogP contribution >= 0.6 is 0 Å². The van der Waals surface area contributed by atoms with Gasteiger partial charge in [0.25, 0.3) is 0 Å². The number of methoxy groups -OCH3 is 1. The first kappa shape index (κ1) is 16.4. The largest absolute Gasteiger partial charge is 0.465 e. The van der Waals surface area contributed by atoms with Crippen LogP contribution in [0.3, 0.4) is 0 Å². The molecule has 0 spiro atoms. The molecule has 25 heavy (non-hydrogen) atoms. The molecule has 6 heteroatoms. The van der Waals surface area contributed by atoms with Crippen LogP contribution in [0.5, 0.6) is 0 Å². The second-order valence-electron chi connectivity index (χ2n) is 5.30. The number of esters is 1. The fraction of sp³-hybridized carbons (Fsp3) is 0.105. The van der Waals surface area contributed by atoms with Crippen molar-refractivity contribution >= 4 is 23.4 Å². The summed E-state index contributed by atoms with van der Waals surface area (Å²) in [5.74, 6) is 0.780. The molecule has 3 rings (SSSR count). The minimum Gasteiger partial charge on any atom is -0.465 e. The van der Waals surface area contributed by atoms with Gasteiger partial charge in [-0.15, -0.1) is 0 Å². The van der Waals surface area contributed by atoms with Gasteiger partial charge in [-0.05, 0) is 29.8 Å². The fourth-order valence-electron chi connectivity index (χ4n) is 2.28. The van der Waals surface area contributed by atoms with Gasteiger partial charge in [-0.1, -0.05) is 36.4 Å². The molecule has 0 saturated carbocycles. The van der Waals surface area contributed by atoms with Crippen molar-refractivity contribution in [3.8, 4) is 0 Å². The Morgan fingerprint density at radius 3 is 2.72 bits per heavy atom. The summed E-state index contributed by atoms with van der Waals surface area (Å²) in [6.45, 7) is 0.641. The summed E-state index contributed by atoms with van der Waals surface area (Å²) in [6.07, 6.45) is 1.67. The third-order valence-electron chi connectivity index (χ3n) is 3.51. The van der Waals surface area contributed by atoms with E-state index in [4.69, 9.17) is 4.74 Å². The normalized spacial score (nSPS) is 10.1. The molecule has 0 unspecified atom stereocenters. The zero-order valence-corrected chi connectivity index (χ0v) is 13.8. The molecule has 0 aliphatic heterocycles. The highest BCUT2D eigenvalue weighted by Crippen LogP contribution is 2.17. The van der Waals surface area contributed by atoms with E-state index in [0.29, 0.717) is 23.9 Å². The van der Waals surface area contributed by atoms with Crippen LogP contribution in [-0.2, 0) is 11.3 Å². The highest BCUT2D eigenvalue weighted by molar-refractivity contribution is 5.90. The third kappa shape index (κ3) is 4.54. The summed E-state index contributed by atoms with van der Waals surface area (Å²) in [5, 5.41) is 6.35. The summed E-state index contributed by atoms with van der Waals surface area (Å²) in [4.78, 5) is 20.3. The van der Waals surface area contributed by atoms with Gasteiger partial charge in [0.1, 0.15) is 5.82 Å². The van der Waals surface area contributed by atoms with Crippen molar-refractivity contribution in [2.75, 3.05) is 17.7 Å². The Balaban J connectivity index is 1.68. The lowest BCUT2D eigenvalue weighted by Gasteiger charge is -2.09. The second kappa shape index (κ2) is 7.92. The molecule has 2 N–H and O–H groups in total. The van der Waals surface area contributed by atoms with Crippen LogP contribution in [0, 0.1) is 0 Å². The number of ether oxygens (including phenoxy) is 1. The molecule has 0 fully saturated rings. The molecule has 0 aliphatic rings. The lowest BCUT2D eigenvalue weighted by molar-refractivity contribution is 0.0601. The van der Waals surface area contributed by atoms with Crippen molar-refractivity contribution in [3.05, 3.63) is 78.0 Å². The highest BCUT2D eigenvalue weighted by atomic mass is 16.5. The zero-order valence-electron chi connectivity index (χ0n) is 13.8. The Morgan fingerprint density at radius 2 is 1.92 bits per heavy atom. The standard InChI is InChI=1S/C19H18N4O2/c1-25-18(24)15-8-5-9-16(12-15)22-17-10-11-20-19(23-17)21-13-14-6-3-2-4-7-14/h2-12H,13H2,1H3,(H2,20,21,22,23). The van der Waals surface area contributed by atoms with Gasteiger partial charge in [0.2, 0.25) is 5.95 Å². The maximum Gasteiger partial charge on any atom is 0.337 e. The molecule has 126 valence electrons. The van der Waals surface area contributed by atoms with Crippen molar-refractivity contribution in [2.24, 2.45) is 0 Å². The predicted molar refractivity (Wildman–Crippen MR) is 96.9 cm³/mol. The van der Waals surface area contributed by atoms with E-state index in [1.54, 1.807) is 30.5 Å². The van der Waals surface area contributed by atoms with Crippen LogP contribution in [0.25, 0.3) is 0 Å². The Bertz CT molecular complexity index is 853.